The van der Waals surface area contributed by atoms with E-state index in [1.54, 1.807) is 30.3 Å². The Kier molecular flexibility index (Phi) is 11.7. The fourth-order valence-electron chi connectivity index (χ4n) is 6.15. The van der Waals surface area contributed by atoms with Crippen LogP contribution in [-0.4, -0.2) is 75.3 Å². The number of amides is 1. The van der Waals surface area contributed by atoms with Crippen LogP contribution in [0.15, 0.2) is 102 Å². The first-order chi connectivity index (χ1) is 25.2. The van der Waals surface area contributed by atoms with Gasteiger partial charge in [-0.05, 0) is 74.2 Å². The van der Waals surface area contributed by atoms with Gasteiger partial charge < -0.3 is 14.5 Å². The molecule has 11 nitrogen and oxygen atoms in total. The zero-order valence-corrected chi connectivity index (χ0v) is 29.9. The summed E-state index contributed by atoms with van der Waals surface area (Å²) in [6, 6.07) is 26.1. The number of nitrogens with zero attached hydrogens (tertiary/aromatic N) is 6. The van der Waals surface area contributed by atoms with E-state index in [0.29, 0.717) is 47.1 Å². The number of hydrogen-bond acceptors (Lipinski definition) is 6. The van der Waals surface area contributed by atoms with Gasteiger partial charge >= 0.3 is 12.1 Å². The van der Waals surface area contributed by atoms with Crippen molar-refractivity contribution in [3.05, 3.63) is 124 Å². The van der Waals surface area contributed by atoms with E-state index in [4.69, 9.17) is 4.74 Å². The van der Waals surface area contributed by atoms with Crippen LogP contribution in [0.1, 0.15) is 47.2 Å². The van der Waals surface area contributed by atoms with Crippen molar-refractivity contribution < 1.29 is 32.0 Å². The van der Waals surface area contributed by atoms with Gasteiger partial charge in [0.2, 0.25) is 0 Å². The molecule has 1 aliphatic carbocycles. The molecule has 3 aromatic carbocycles. The van der Waals surface area contributed by atoms with Crippen molar-refractivity contribution in [1.29, 1.82) is 5.26 Å². The van der Waals surface area contributed by atoms with Gasteiger partial charge in [-0.15, -0.1) is 0 Å². The maximum absolute atomic E-state index is 14.0. The summed E-state index contributed by atoms with van der Waals surface area (Å²) in [4.78, 5) is 40.3. The molecule has 0 atom stereocenters. The number of likely N-dealkylation sites (N-methyl/N-ethyl adjacent to an activating group) is 1. The summed E-state index contributed by atoms with van der Waals surface area (Å²) in [6.07, 6.45) is -1.41. The Morgan fingerprint density at radius 3 is 2.11 bits per heavy atom. The lowest BCUT2D eigenvalue weighted by molar-refractivity contribution is -0.862. The van der Waals surface area contributed by atoms with E-state index in [-0.39, 0.29) is 41.6 Å². The van der Waals surface area contributed by atoms with E-state index in [2.05, 4.69) is 10.4 Å². The number of alkyl halides is 3. The van der Waals surface area contributed by atoms with Crippen LogP contribution in [0, 0.1) is 11.3 Å². The van der Waals surface area contributed by atoms with E-state index < -0.39 is 23.2 Å². The van der Waals surface area contributed by atoms with E-state index in [0.717, 1.165) is 16.8 Å². The molecule has 5 aromatic rings. The van der Waals surface area contributed by atoms with Gasteiger partial charge in [-0.2, -0.15) is 23.5 Å². The van der Waals surface area contributed by atoms with Crippen molar-refractivity contribution in [2.45, 2.75) is 44.0 Å². The van der Waals surface area contributed by atoms with E-state index >= 15 is 0 Å². The monoisotopic (exact) mass is 728 g/mol. The highest BCUT2D eigenvalue weighted by atomic mass is 19.4. The van der Waals surface area contributed by atoms with Crippen LogP contribution in [0.2, 0.25) is 0 Å². The zero-order chi connectivity index (χ0) is 38.3. The smallest absolute Gasteiger partial charge is 0.416 e. The molecule has 0 unspecified atom stereocenters. The topological polar surface area (TPSA) is 124 Å². The molecule has 0 radical (unpaired) electrons. The van der Waals surface area contributed by atoms with E-state index in [1.807, 2.05) is 63.6 Å². The summed E-state index contributed by atoms with van der Waals surface area (Å²) in [5, 5.41) is 16.5. The maximum atomic E-state index is 14.0. The van der Waals surface area contributed by atoms with E-state index in [1.165, 1.54) is 34.7 Å². The summed E-state index contributed by atoms with van der Waals surface area (Å²) >= 11 is 0. The summed E-state index contributed by atoms with van der Waals surface area (Å²) in [5.74, 6) is -0.989. The minimum atomic E-state index is -4.65. The van der Waals surface area contributed by atoms with Gasteiger partial charge in [-0.1, -0.05) is 42.5 Å². The van der Waals surface area contributed by atoms with Crippen LogP contribution in [0.3, 0.4) is 0 Å². The quantitative estimate of drug-likeness (QED) is 0.157. The number of nitriles is 1. The second-order valence-corrected chi connectivity index (χ2v) is 13.7. The number of esters is 1. The number of rotatable bonds is 8. The summed E-state index contributed by atoms with van der Waals surface area (Å²) in [6.45, 7) is 0.227. The van der Waals surface area contributed by atoms with Crippen LogP contribution in [0.4, 0.5) is 13.2 Å². The fraction of sp³-hybridized carbons (Fsp3) is 0.308. The SMILES string of the molecule is Cn1c(-c2ccnn2-c2ccc(C#N)cc2)c(C(=O)NC2CCC(OC(=O)C[N+](C)(C)C)CC2)c(=O)n1-c1cccc(C(F)(F)F)c1.c1ccccc1. The van der Waals surface area contributed by atoms with Crippen LogP contribution < -0.4 is 10.9 Å². The number of carbonyl (C=O) groups is 2. The largest absolute Gasteiger partial charge is 0.458 e. The molecule has 1 N–H and O–H groups in total. The van der Waals surface area contributed by atoms with Gasteiger partial charge in [0.25, 0.3) is 11.5 Å². The highest BCUT2D eigenvalue weighted by Crippen LogP contribution is 2.32. The first kappa shape index (κ1) is 38.3. The number of quaternary nitrogens is 1. The van der Waals surface area contributed by atoms with Gasteiger partial charge in [-0.3, -0.25) is 14.3 Å². The molecule has 0 aliphatic heterocycles. The third kappa shape index (κ3) is 9.49. The molecule has 2 heterocycles. The third-order valence-electron chi connectivity index (χ3n) is 8.62. The fourth-order valence-corrected chi connectivity index (χ4v) is 6.15. The zero-order valence-electron chi connectivity index (χ0n) is 29.9. The number of aromatic nitrogens is 4. The predicted molar refractivity (Wildman–Crippen MR) is 192 cm³/mol. The molecule has 2 aromatic heterocycles. The van der Waals surface area contributed by atoms with Crippen LogP contribution in [0.25, 0.3) is 22.8 Å². The molecule has 1 fully saturated rings. The minimum Gasteiger partial charge on any atom is -0.458 e. The lowest BCUT2D eigenvalue weighted by atomic mass is 9.92. The molecule has 53 heavy (non-hydrogen) atoms. The molecule has 0 saturated heterocycles. The molecule has 1 aliphatic rings. The van der Waals surface area contributed by atoms with Crippen molar-refractivity contribution in [3.63, 3.8) is 0 Å². The highest BCUT2D eigenvalue weighted by molar-refractivity contribution is 6.00. The van der Waals surface area contributed by atoms with Crippen molar-refractivity contribution in [2.75, 3.05) is 27.7 Å². The van der Waals surface area contributed by atoms with Crippen molar-refractivity contribution in [3.8, 4) is 28.8 Å². The van der Waals surface area contributed by atoms with Gasteiger partial charge in [0.05, 0.1) is 61.6 Å². The molecular formula is C39H41F3N7O4+. The van der Waals surface area contributed by atoms with Crippen LogP contribution in [0.5, 0.6) is 0 Å². The number of hydrogen-bond donors (Lipinski definition) is 1. The van der Waals surface area contributed by atoms with Crippen LogP contribution in [-0.2, 0) is 22.8 Å². The average Bonchev–Trinajstić information content (AvgIpc) is 3.70. The molecule has 276 valence electrons. The Labute approximate surface area is 305 Å². The molecule has 14 heteroatoms. The van der Waals surface area contributed by atoms with Gasteiger partial charge in [0, 0.05) is 13.1 Å². The first-order valence-corrected chi connectivity index (χ1v) is 17.0. The number of ether oxygens (including phenoxy) is 1. The molecule has 0 bridgehead atoms. The Morgan fingerprint density at radius 2 is 1.55 bits per heavy atom. The predicted octanol–water partition coefficient (Wildman–Crippen LogP) is 5.90. The number of halogens is 3. The second kappa shape index (κ2) is 16.2. The third-order valence-corrected chi connectivity index (χ3v) is 8.62. The van der Waals surface area contributed by atoms with E-state index in [9.17, 15) is 32.8 Å². The number of nitrogens with one attached hydrogen (secondary N) is 1. The second-order valence-electron chi connectivity index (χ2n) is 13.7. The Balaban J connectivity index is 0.000000820. The number of benzene rings is 3. The number of carbonyl (C=O) groups excluding carboxylic acids is 2. The summed E-state index contributed by atoms with van der Waals surface area (Å²) < 4.78 is 50.8. The van der Waals surface area contributed by atoms with Crippen molar-refractivity contribution >= 4 is 11.9 Å². The average molecular weight is 729 g/mol. The van der Waals surface area contributed by atoms with Crippen molar-refractivity contribution in [2.24, 2.45) is 7.05 Å². The standard InChI is InChI=1S/C33H34F3N7O4.C6H6/c1-40-30(27-16-17-38-41(27)24-12-8-21(19-37)9-13-24)29(32(46)42(40)25-7-5-6-22(18-25)33(34,35)36)31(45)39-23-10-14-26(15-11-23)47-28(44)20-43(2,3)4;1-2-4-6-5-3-1/h5-9,12-13,16-18,23,26H,10-11,14-15,20H2,1-4H3;1-6H/p+1. The lowest BCUT2D eigenvalue weighted by Gasteiger charge is -2.30. The van der Waals surface area contributed by atoms with Crippen molar-refractivity contribution in [1.82, 2.24) is 24.5 Å². The normalized spacial score (nSPS) is 15.8. The molecule has 6 rings (SSSR count). The molecular weight excluding hydrogens is 687 g/mol. The first-order valence-electron chi connectivity index (χ1n) is 17.0. The molecule has 0 spiro atoms. The minimum absolute atomic E-state index is 0.0757. The molecule has 1 saturated carbocycles. The van der Waals surface area contributed by atoms with Gasteiger partial charge in [0.1, 0.15) is 17.4 Å². The van der Waals surface area contributed by atoms with Crippen LogP contribution >= 0.6 is 0 Å². The van der Waals surface area contributed by atoms with Gasteiger partial charge in [-0.25, -0.2) is 14.2 Å². The Morgan fingerprint density at radius 1 is 0.925 bits per heavy atom. The highest BCUT2D eigenvalue weighted by Gasteiger charge is 2.34. The van der Waals surface area contributed by atoms with Gasteiger partial charge in [0.15, 0.2) is 6.54 Å². The molecule has 1 amide bonds. The Hall–Kier alpha value is -5.94. The lowest BCUT2D eigenvalue weighted by Crippen LogP contribution is -2.43. The Bertz CT molecular complexity index is 2110. The summed E-state index contributed by atoms with van der Waals surface area (Å²) in [7, 11) is 7.16. The maximum Gasteiger partial charge on any atom is 0.416 e. The summed E-state index contributed by atoms with van der Waals surface area (Å²) in [5.41, 5.74) is -0.680.